The van der Waals surface area contributed by atoms with E-state index in [9.17, 15) is 9.59 Å². The van der Waals surface area contributed by atoms with E-state index in [0.717, 1.165) is 48.9 Å². The van der Waals surface area contributed by atoms with Crippen LogP contribution in [0, 0.1) is 19.8 Å². The van der Waals surface area contributed by atoms with E-state index in [0.29, 0.717) is 18.5 Å². The lowest BCUT2D eigenvalue weighted by atomic mass is 9.86. The van der Waals surface area contributed by atoms with Gasteiger partial charge in [-0.05, 0) is 71.4 Å². The van der Waals surface area contributed by atoms with Crippen LogP contribution in [0.4, 0.5) is 0 Å². The van der Waals surface area contributed by atoms with Crippen LogP contribution in [-0.4, -0.2) is 37.0 Å². The van der Waals surface area contributed by atoms with Gasteiger partial charge in [-0.1, -0.05) is 17.2 Å². The Labute approximate surface area is 157 Å². The first-order valence-corrected chi connectivity index (χ1v) is 9.72. The molecule has 0 spiro atoms. The first kappa shape index (κ1) is 20.4. The van der Waals surface area contributed by atoms with E-state index in [4.69, 9.17) is 0 Å². The second-order valence-corrected chi connectivity index (χ2v) is 7.91. The topological polar surface area (TPSA) is 70.2 Å². The maximum absolute atomic E-state index is 12.4. The fraction of sp³-hybridized carbons (Fsp3) is 0.619. The molecule has 0 aromatic heterocycles. The molecule has 1 aliphatic carbocycles. The third-order valence-corrected chi connectivity index (χ3v) is 4.88. The van der Waals surface area contributed by atoms with Crippen LogP contribution in [0.25, 0.3) is 0 Å². The molecule has 0 saturated heterocycles. The molecular formula is C21H33N3O2. The molecule has 1 fully saturated rings. The minimum absolute atomic E-state index is 0.0161. The van der Waals surface area contributed by atoms with Gasteiger partial charge in [0, 0.05) is 24.2 Å². The number of benzene rings is 1. The highest BCUT2D eigenvalue weighted by atomic mass is 16.2. The van der Waals surface area contributed by atoms with Gasteiger partial charge < -0.3 is 16.0 Å². The van der Waals surface area contributed by atoms with Crippen molar-refractivity contribution in [2.75, 3.05) is 13.1 Å². The van der Waals surface area contributed by atoms with E-state index < -0.39 is 0 Å². The molecule has 2 amide bonds. The number of aryl methyl sites for hydroxylation is 2. The molecule has 0 radical (unpaired) electrons. The summed E-state index contributed by atoms with van der Waals surface area (Å²) in [6, 6.07) is 6.53. The molecule has 0 heterocycles. The zero-order valence-corrected chi connectivity index (χ0v) is 16.5. The van der Waals surface area contributed by atoms with Gasteiger partial charge in [-0.25, -0.2) is 0 Å². The van der Waals surface area contributed by atoms with E-state index in [-0.39, 0.29) is 17.9 Å². The van der Waals surface area contributed by atoms with E-state index in [1.54, 1.807) is 0 Å². The first-order valence-electron chi connectivity index (χ1n) is 9.72. The summed E-state index contributed by atoms with van der Waals surface area (Å²) < 4.78 is 0. The summed E-state index contributed by atoms with van der Waals surface area (Å²) in [7, 11) is 0. The summed E-state index contributed by atoms with van der Waals surface area (Å²) in [4.78, 5) is 24.1. The van der Waals surface area contributed by atoms with Gasteiger partial charge in [-0.3, -0.25) is 9.59 Å². The molecule has 2 rings (SSSR count). The zero-order valence-electron chi connectivity index (χ0n) is 16.5. The van der Waals surface area contributed by atoms with E-state index in [1.165, 1.54) is 0 Å². The Bertz CT molecular complexity index is 599. The Morgan fingerprint density at radius 2 is 1.65 bits per heavy atom. The number of carbonyl (C=O) groups is 2. The molecule has 0 aliphatic heterocycles. The molecule has 26 heavy (non-hydrogen) atoms. The third-order valence-electron chi connectivity index (χ3n) is 4.88. The van der Waals surface area contributed by atoms with Gasteiger partial charge in [0.2, 0.25) is 5.91 Å². The predicted octanol–water partition coefficient (Wildman–Crippen LogP) is 2.71. The van der Waals surface area contributed by atoms with Crippen LogP contribution in [0.3, 0.4) is 0 Å². The minimum atomic E-state index is 0.0161. The summed E-state index contributed by atoms with van der Waals surface area (Å²) in [6.07, 6.45) is 4.27. The van der Waals surface area contributed by atoms with Crippen LogP contribution in [0.2, 0.25) is 0 Å². The molecule has 0 unspecified atom stereocenters. The monoisotopic (exact) mass is 359 g/mol. The van der Waals surface area contributed by atoms with Gasteiger partial charge in [0.1, 0.15) is 0 Å². The maximum Gasteiger partial charge on any atom is 0.251 e. The largest absolute Gasteiger partial charge is 0.353 e. The Morgan fingerprint density at radius 3 is 2.23 bits per heavy atom. The highest BCUT2D eigenvalue weighted by Gasteiger charge is 2.22. The maximum atomic E-state index is 12.4. The number of amides is 2. The average molecular weight is 360 g/mol. The van der Waals surface area contributed by atoms with Crippen molar-refractivity contribution in [3.63, 3.8) is 0 Å². The van der Waals surface area contributed by atoms with Gasteiger partial charge in [-0.15, -0.1) is 0 Å². The molecule has 5 heteroatoms. The second kappa shape index (κ2) is 9.72. The second-order valence-electron chi connectivity index (χ2n) is 7.91. The average Bonchev–Trinajstić information content (AvgIpc) is 2.57. The van der Waals surface area contributed by atoms with Crippen LogP contribution in [-0.2, 0) is 4.79 Å². The lowest BCUT2D eigenvalue weighted by molar-refractivity contribution is -0.120. The third kappa shape index (κ3) is 6.79. The van der Waals surface area contributed by atoms with Crippen LogP contribution in [0.15, 0.2) is 18.2 Å². The van der Waals surface area contributed by atoms with Crippen molar-refractivity contribution < 1.29 is 9.59 Å². The molecule has 1 saturated carbocycles. The Balaban J connectivity index is 1.68. The fourth-order valence-corrected chi connectivity index (χ4v) is 3.63. The number of rotatable bonds is 7. The summed E-state index contributed by atoms with van der Waals surface area (Å²) in [5, 5.41) is 9.34. The molecule has 144 valence electrons. The molecule has 1 aromatic carbocycles. The molecule has 0 bridgehead atoms. The van der Waals surface area contributed by atoms with Gasteiger partial charge >= 0.3 is 0 Å². The molecule has 3 N–H and O–H groups in total. The zero-order chi connectivity index (χ0) is 19.1. The molecule has 1 aliphatic rings. The molecular weight excluding hydrogens is 326 g/mol. The van der Waals surface area contributed by atoms with Gasteiger partial charge in [-0.2, -0.15) is 0 Å². The highest BCUT2D eigenvalue weighted by Crippen LogP contribution is 2.23. The van der Waals surface area contributed by atoms with Crippen molar-refractivity contribution in [2.45, 2.75) is 65.5 Å². The lowest BCUT2D eigenvalue weighted by Gasteiger charge is -2.29. The summed E-state index contributed by atoms with van der Waals surface area (Å²) in [6.45, 7) is 9.08. The Hall–Kier alpha value is -1.88. The van der Waals surface area contributed by atoms with Crippen molar-refractivity contribution in [3.05, 3.63) is 34.9 Å². The van der Waals surface area contributed by atoms with Crippen molar-refractivity contribution >= 4 is 11.8 Å². The van der Waals surface area contributed by atoms with Crippen molar-refractivity contribution in [2.24, 2.45) is 5.92 Å². The fourth-order valence-electron chi connectivity index (χ4n) is 3.63. The van der Waals surface area contributed by atoms with Crippen molar-refractivity contribution in [1.29, 1.82) is 0 Å². The predicted molar refractivity (Wildman–Crippen MR) is 105 cm³/mol. The van der Waals surface area contributed by atoms with E-state index in [2.05, 4.69) is 22.0 Å². The normalized spacial score (nSPS) is 20.0. The standard InChI is InChI=1S/C21H33N3O2/c1-14(2)24-20(25)13-22-19-7-5-17(6-8-19)12-23-21(26)18-10-15(3)9-16(4)11-18/h9-11,14,17,19,22H,5-8,12-13H2,1-4H3,(H,23,26)(H,24,25)/t17-,19+. The van der Waals surface area contributed by atoms with E-state index >= 15 is 0 Å². The number of hydrogen-bond donors (Lipinski definition) is 3. The summed E-state index contributed by atoms with van der Waals surface area (Å²) in [5.74, 6) is 0.595. The smallest absolute Gasteiger partial charge is 0.251 e. The minimum Gasteiger partial charge on any atom is -0.353 e. The molecule has 0 atom stereocenters. The first-order chi connectivity index (χ1) is 12.3. The van der Waals surface area contributed by atoms with E-state index in [1.807, 2.05) is 39.8 Å². The van der Waals surface area contributed by atoms with Crippen LogP contribution < -0.4 is 16.0 Å². The van der Waals surface area contributed by atoms with Crippen LogP contribution >= 0.6 is 0 Å². The highest BCUT2D eigenvalue weighted by molar-refractivity contribution is 5.94. The van der Waals surface area contributed by atoms with Gasteiger partial charge in [0.05, 0.1) is 6.54 Å². The van der Waals surface area contributed by atoms with Crippen molar-refractivity contribution in [1.82, 2.24) is 16.0 Å². The number of carbonyl (C=O) groups excluding carboxylic acids is 2. The molecule has 1 aromatic rings. The summed E-state index contributed by atoms with van der Waals surface area (Å²) >= 11 is 0. The Morgan fingerprint density at radius 1 is 1.04 bits per heavy atom. The van der Waals surface area contributed by atoms with Gasteiger partial charge in [0.15, 0.2) is 0 Å². The Kier molecular flexibility index (Phi) is 7.64. The number of hydrogen-bond acceptors (Lipinski definition) is 3. The van der Waals surface area contributed by atoms with Crippen LogP contribution in [0.5, 0.6) is 0 Å². The molecule has 5 nitrogen and oxygen atoms in total. The number of nitrogens with one attached hydrogen (secondary N) is 3. The lowest BCUT2D eigenvalue weighted by Crippen LogP contribution is -2.43. The summed E-state index contributed by atoms with van der Waals surface area (Å²) in [5.41, 5.74) is 2.97. The SMILES string of the molecule is Cc1cc(C)cc(C(=O)NC[C@H]2CC[C@@H](NCC(=O)NC(C)C)CC2)c1. The van der Waals surface area contributed by atoms with Crippen molar-refractivity contribution in [3.8, 4) is 0 Å². The van der Waals surface area contributed by atoms with Crippen LogP contribution in [0.1, 0.15) is 61.0 Å². The van der Waals surface area contributed by atoms with Gasteiger partial charge in [0.25, 0.3) is 5.91 Å². The quantitative estimate of drug-likeness (QED) is 0.701.